The molecule has 0 aliphatic carbocycles. The highest BCUT2D eigenvalue weighted by Crippen LogP contribution is 2.05. The maximum Gasteiger partial charge on any atom is 0.225 e. The van der Waals surface area contributed by atoms with Gasteiger partial charge < -0.3 is 15.0 Å². The lowest BCUT2D eigenvalue weighted by Crippen LogP contribution is -2.42. The van der Waals surface area contributed by atoms with Crippen molar-refractivity contribution < 1.29 is 9.53 Å². The summed E-state index contributed by atoms with van der Waals surface area (Å²) in [5.74, 6) is 0.0912. The van der Waals surface area contributed by atoms with E-state index in [1.807, 2.05) is 0 Å². The van der Waals surface area contributed by atoms with Gasteiger partial charge in [0.25, 0.3) is 0 Å². The van der Waals surface area contributed by atoms with E-state index in [-0.39, 0.29) is 12.0 Å². The highest BCUT2D eigenvalue weighted by molar-refractivity contribution is 5.77. The lowest BCUT2D eigenvalue weighted by Gasteiger charge is -2.26. The first-order valence-electron chi connectivity index (χ1n) is 5.59. The molecule has 1 aliphatic rings. The quantitative estimate of drug-likeness (QED) is 0.671. The molecule has 1 fully saturated rings. The summed E-state index contributed by atoms with van der Waals surface area (Å²) in [7, 11) is 0. The standard InChI is InChI=1S/C12H20N2O2/c1-3-6-14(7-4-2)12(15)9-11-10-13-5-8-16-11/h3-4,11,13H,1-2,5-10H2. The van der Waals surface area contributed by atoms with Crippen LogP contribution >= 0.6 is 0 Å². The van der Waals surface area contributed by atoms with Gasteiger partial charge in [0, 0.05) is 26.2 Å². The molecular formula is C12H20N2O2. The summed E-state index contributed by atoms with van der Waals surface area (Å²) in [4.78, 5) is 13.6. The summed E-state index contributed by atoms with van der Waals surface area (Å²) in [6.45, 7) is 10.7. The van der Waals surface area contributed by atoms with Crippen LogP contribution in [0.1, 0.15) is 6.42 Å². The predicted molar refractivity (Wildman–Crippen MR) is 64.2 cm³/mol. The number of carbonyl (C=O) groups excluding carboxylic acids is 1. The Balaban J connectivity index is 2.39. The van der Waals surface area contributed by atoms with Crippen LogP contribution in [-0.4, -0.2) is 49.7 Å². The zero-order valence-electron chi connectivity index (χ0n) is 9.65. The van der Waals surface area contributed by atoms with Crippen molar-refractivity contribution in [1.29, 1.82) is 0 Å². The maximum absolute atomic E-state index is 11.9. The Morgan fingerprint density at radius 2 is 2.12 bits per heavy atom. The van der Waals surface area contributed by atoms with Crippen LogP contribution < -0.4 is 5.32 Å². The number of carbonyl (C=O) groups is 1. The molecule has 1 atom stereocenters. The monoisotopic (exact) mass is 224 g/mol. The topological polar surface area (TPSA) is 41.6 Å². The van der Waals surface area contributed by atoms with Crippen LogP contribution in [0.2, 0.25) is 0 Å². The van der Waals surface area contributed by atoms with E-state index in [4.69, 9.17) is 4.74 Å². The number of rotatable bonds is 6. The third-order valence-electron chi connectivity index (χ3n) is 2.46. The molecule has 0 spiro atoms. The lowest BCUT2D eigenvalue weighted by atomic mass is 10.2. The van der Waals surface area contributed by atoms with Crippen molar-refractivity contribution in [2.24, 2.45) is 0 Å². The number of amides is 1. The highest BCUT2D eigenvalue weighted by atomic mass is 16.5. The molecule has 1 aliphatic heterocycles. The van der Waals surface area contributed by atoms with Crippen LogP contribution in [0.4, 0.5) is 0 Å². The van der Waals surface area contributed by atoms with Gasteiger partial charge in [0.2, 0.25) is 5.91 Å². The molecule has 90 valence electrons. The van der Waals surface area contributed by atoms with E-state index < -0.39 is 0 Å². The summed E-state index contributed by atoms with van der Waals surface area (Å²) in [5.41, 5.74) is 0. The molecule has 0 radical (unpaired) electrons. The van der Waals surface area contributed by atoms with E-state index in [1.54, 1.807) is 17.1 Å². The zero-order chi connectivity index (χ0) is 11.8. The van der Waals surface area contributed by atoms with E-state index >= 15 is 0 Å². The largest absolute Gasteiger partial charge is 0.375 e. The molecule has 1 unspecified atom stereocenters. The fourth-order valence-electron chi connectivity index (χ4n) is 1.66. The van der Waals surface area contributed by atoms with Gasteiger partial charge in [-0.15, -0.1) is 13.2 Å². The average Bonchev–Trinajstić information content (AvgIpc) is 2.30. The molecule has 1 saturated heterocycles. The molecule has 0 aromatic rings. The summed E-state index contributed by atoms with van der Waals surface area (Å²) >= 11 is 0. The maximum atomic E-state index is 11.9. The van der Waals surface area contributed by atoms with E-state index in [2.05, 4.69) is 18.5 Å². The van der Waals surface area contributed by atoms with Gasteiger partial charge in [-0.05, 0) is 0 Å². The number of nitrogens with one attached hydrogen (secondary N) is 1. The number of nitrogens with zero attached hydrogens (tertiary/aromatic N) is 1. The van der Waals surface area contributed by atoms with Gasteiger partial charge in [-0.2, -0.15) is 0 Å². The second kappa shape index (κ2) is 7.19. The number of hydrogen-bond acceptors (Lipinski definition) is 3. The minimum Gasteiger partial charge on any atom is -0.375 e. The molecule has 1 heterocycles. The Hall–Kier alpha value is -1.13. The molecule has 0 aromatic heterocycles. The van der Waals surface area contributed by atoms with Crippen molar-refractivity contribution in [3.63, 3.8) is 0 Å². The number of ether oxygens (including phenoxy) is 1. The van der Waals surface area contributed by atoms with E-state index in [0.29, 0.717) is 26.1 Å². The molecule has 0 aromatic carbocycles. The average molecular weight is 224 g/mol. The van der Waals surface area contributed by atoms with Gasteiger partial charge in [-0.1, -0.05) is 12.2 Å². The fraction of sp³-hybridized carbons (Fsp3) is 0.583. The van der Waals surface area contributed by atoms with Crippen molar-refractivity contribution in [1.82, 2.24) is 10.2 Å². The van der Waals surface area contributed by atoms with Crippen LogP contribution in [0.3, 0.4) is 0 Å². The van der Waals surface area contributed by atoms with Crippen LogP contribution in [0.15, 0.2) is 25.3 Å². The smallest absolute Gasteiger partial charge is 0.225 e. The van der Waals surface area contributed by atoms with E-state index in [0.717, 1.165) is 13.1 Å². The van der Waals surface area contributed by atoms with Crippen LogP contribution in [0, 0.1) is 0 Å². The summed E-state index contributed by atoms with van der Waals surface area (Å²) in [6.07, 6.45) is 3.87. The molecule has 4 heteroatoms. The second-order valence-electron chi connectivity index (χ2n) is 3.78. The summed E-state index contributed by atoms with van der Waals surface area (Å²) < 4.78 is 5.49. The summed E-state index contributed by atoms with van der Waals surface area (Å²) in [5, 5.41) is 3.21. The van der Waals surface area contributed by atoms with Gasteiger partial charge in [0.1, 0.15) is 0 Å². The SMILES string of the molecule is C=CCN(CC=C)C(=O)CC1CNCCO1. The van der Waals surface area contributed by atoms with Crippen molar-refractivity contribution in [2.75, 3.05) is 32.8 Å². The Morgan fingerprint density at radius 3 is 2.62 bits per heavy atom. The van der Waals surface area contributed by atoms with E-state index in [1.165, 1.54) is 0 Å². The normalized spacial score (nSPS) is 20.1. The van der Waals surface area contributed by atoms with Crippen LogP contribution in [0.25, 0.3) is 0 Å². The molecule has 1 amide bonds. The van der Waals surface area contributed by atoms with Crippen molar-refractivity contribution in [2.45, 2.75) is 12.5 Å². The number of morpholine rings is 1. The van der Waals surface area contributed by atoms with Crippen molar-refractivity contribution in [3.05, 3.63) is 25.3 Å². The Bertz CT molecular complexity index is 237. The highest BCUT2D eigenvalue weighted by Gasteiger charge is 2.20. The molecular weight excluding hydrogens is 204 g/mol. The molecule has 4 nitrogen and oxygen atoms in total. The van der Waals surface area contributed by atoms with Crippen molar-refractivity contribution >= 4 is 5.91 Å². The third kappa shape index (κ3) is 4.16. The summed E-state index contributed by atoms with van der Waals surface area (Å²) in [6, 6.07) is 0. The Kier molecular flexibility index (Phi) is 5.82. The predicted octanol–water partition coefficient (Wildman–Crippen LogP) is 0.565. The fourth-order valence-corrected chi connectivity index (χ4v) is 1.66. The molecule has 0 saturated carbocycles. The van der Waals surface area contributed by atoms with Crippen molar-refractivity contribution in [3.8, 4) is 0 Å². The van der Waals surface area contributed by atoms with Gasteiger partial charge in [0.15, 0.2) is 0 Å². The first-order valence-corrected chi connectivity index (χ1v) is 5.59. The van der Waals surface area contributed by atoms with Gasteiger partial charge in [0.05, 0.1) is 19.1 Å². The molecule has 1 N–H and O–H groups in total. The minimum absolute atomic E-state index is 0.00150. The molecule has 16 heavy (non-hydrogen) atoms. The minimum atomic E-state index is -0.00150. The van der Waals surface area contributed by atoms with E-state index in [9.17, 15) is 4.79 Å². The van der Waals surface area contributed by atoms with Gasteiger partial charge in [-0.25, -0.2) is 0 Å². The first kappa shape index (κ1) is 12.9. The van der Waals surface area contributed by atoms with Gasteiger partial charge >= 0.3 is 0 Å². The third-order valence-corrected chi connectivity index (χ3v) is 2.46. The Morgan fingerprint density at radius 1 is 1.44 bits per heavy atom. The van der Waals surface area contributed by atoms with Crippen LogP contribution in [0.5, 0.6) is 0 Å². The number of hydrogen-bond donors (Lipinski definition) is 1. The first-order chi connectivity index (χ1) is 7.77. The molecule has 1 rings (SSSR count). The van der Waals surface area contributed by atoms with Crippen LogP contribution in [-0.2, 0) is 9.53 Å². The molecule has 0 bridgehead atoms. The zero-order valence-corrected chi connectivity index (χ0v) is 9.65. The second-order valence-corrected chi connectivity index (χ2v) is 3.78. The lowest BCUT2D eigenvalue weighted by molar-refractivity contribution is -0.133. The Labute approximate surface area is 97.0 Å². The van der Waals surface area contributed by atoms with Gasteiger partial charge in [-0.3, -0.25) is 4.79 Å².